The highest BCUT2D eigenvalue weighted by Gasteiger charge is 2.23. The fourth-order valence-corrected chi connectivity index (χ4v) is 4.81. The van der Waals surface area contributed by atoms with Crippen LogP contribution < -0.4 is 5.32 Å². The Labute approximate surface area is 194 Å². The van der Waals surface area contributed by atoms with Crippen molar-refractivity contribution in [2.45, 2.75) is 31.7 Å². The van der Waals surface area contributed by atoms with Crippen LogP contribution in [0, 0.1) is 0 Å². The SMILES string of the molecule is CNc1ccc(-c2n[nH]c(C3CCC3)n2)cc1.O=Cc1cccc(CN2CCSCC2)c1. The first-order valence-electron chi connectivity index (χ1n) is 11.3. The molecule has 5 rings (SSSR count). The zero-order valence-electron chi connectivity index (χ0n) is 18.6. The molecule has 0 spiro atoms. The maximum atomic E-state index is 10.6. The van der Waals surface area contributed by atoms with Gasteiger partial charge in [0, 0.05) is 60.9 Å². The Balaban J connectivity index is 0.000000155. The van der Waals surface area contributed by atoms with E-state index in [0.29, 0.717) is 5.92 Å². The Kier molecular flexibility index (Phi) is 7.96. The first-order valence-corrected chi connectivity index (χ1v) is 12.5. The summed E-state index contributed by atoms with van der Waals surface area (Å²) in [5.41, 5.74) is 4.18. The van der Waals surface area contributed by atoms with Crippen LogP contribution in [0.15, 0.2) is 48.5 Å². The molecule has 0 radical (unpaired) electrons. The maximum absolute atomic E-state index is 10.6. The molecular formula is C25H31N5OS. The second-order valence-corrected chi connectivity index (χ2v) is 9.48. The summed E-state index contributed by atoms with van der Waals surface area (Å²) in [6.45, 7) is 3.30. The molecule has 0 amide bonds. The van der Waals surface area contributed by atoms with E-state index < -0.39 is 0 Å². The molecule has 0 atom stereocenters. The molecule has 0 unspecified atom stereocenters. The molecular weight excluding hydrogens is 418 g/mol. The summed E-state index contributed by atoms with van der Waals surface area (Å²) in [6.07, 6.45) is 4.72. The van der Waals surface area contributed by atoms with Crippen molar-refractivity contribution in [1.29, 1.82) is 0 Å². The van der Waals surface area contributed by atoms with Gasteiger partial charge in [0.2, 0.25) is 0 Å². The van der Waals surface area contributed by atoms with Gasteiger partial charge in [-0.05, 0) is 48.7 Å². The lowest BCUT2D eigenvalue weighted by Gasteiger charge is -2.26. The number of hydrogen-bond donors (Lipinski definition) is 2. The molecule has 1 aliphatic heterocycles. The molecule has 2 aromatic carbocycles. The van der Waals surface area contributed by atoms with Crippen LogP contribution in [-0.2, 0) is 6.54 Å². The molecule has 2 heterocycles. The van der Waals surface area contributed by atoms with Crippen LogP contribution in [-0.4, -0.2) is 58.0 Å². The average Bonchev–Trinajstić information content (AvgIpc) is 3.28. The average molecular weight is 450 g/mol. The molecule has 1 saturated heterocycles. The first-order chi connectivity index (χ1) is 15.7. The molecule has 1 aliphatic carbocycles. The highest BCUT2D eigenvalue weighted by Crippen LogP contribution is 2.34. The minimum Gasteiger partial charge on any atom is -0.388 e. The van der Waals surface area contributed by atoms with E-state index in [1.807, 2.05) is 61.3 Å². The second kappa shape index (κ2) is 11.3. The van der Waals surface area contributed by atoms with Gasteiger partial charge < -0.3 is 5.32 Å². The summed E-state index contributed by atoms with van der Waals surface area (Å²) in [6, 6.07) is 16.0. The third-order valence-corrected chi connectivity index (χ3v) is 6.97. The van der Waals surface area contributed by atoms with Crippen molar-refractivity contribution in [2.24, 2.45) is 0 Å². The standard InChI is InChI=1S/C13H16N4.C12H15NOS/c1-14-11-7-5-10(6-8-11)13-15-12(16-17-13)9-3-2-4-9;14-10-12-3-1-2-11(8-12)9-13-4-6-15-7-5-13/h5-9,14H,2-4H2,1H3,(H,15,16,17);1-3,8,10H,4-7,9H2. The van der Waals surface area contributed by atoms with Crippen LogP contribution >= 0.6 is 11.8 Å². The van der Waals surface area contributed by atoms with E-state index in [0.717, 1.165) is 54.4 Å². The Morgan fingerprint density at radius 1 is 1.16 bits per heavy atom. The smallest absolute Gasteiger partial charge is 0.181 e. The molecule has 6 nitrogen and oxygen atoms in total. The largest absolute Gasteiger partial charge is 0.388 e. The van der Waals surface area contributed by atoms with Crippen LogP contribution in [0.25, 0.3) is 11.4 Å². The van der Waals surface area contributed by atoms with E-state index in [1.54, 1.807) is 0 Å². The zero-order chi connectivity index (χ0) is 22.2. The third-order valence-electron chi connectivity index (χ3n) is 6.02. The fraction of sp³-hybridized carbons (Fsp3) is 0.400. The van der Waals surface area contributed by atoms with Crippen molar-refractivity contribution < 1.29 is 4.79 Å². The summed E-state index contributed by atoms with van der Waals surface area (Å²) in [5.74, 6) is 4.91. The number of benzene rings is 2. The number of hydrogen-bond acceptors (Lipinski definition) is 6. The van der Waals surface area contributed by atoms with Crippen LogP contribution in [0.4, 0.5) is 5.69 Å². The molecule has 1 aromatic heterocycles. The lowest BCUT2D eigenvalue weighted by molar-refractivity contribution is 0.112. The minimum atomic E-state index is 0.604. The number of nitrogens with one attached hydrogen (secondary N) is 2. The summed E-state index contributed by atoms with van der Waals surface area (Å²) in [5, 5.41) is 10.4. The Morgan fingerprint density at radius 2 is 1.94 bits per heavy atom. The molecule has 2 fully saturated rings. The molecule has 0 bridgehead atoms. The topological polar surface area (TPSA) is 73.9 Å². The molecule has 2 N–H and O–H groups in total. The quantitative estimate of drug-likeness (QED) is 0.525. The number of carbonyl (C=O) groups excluding carboxylic acids is 1. The van der Waals surface area contributed by atoms with Crippen LogP contribution in [0.2, 0.25) is 0 Å². The molecule has 168 valence electrons. The predicted octanol–water partition coefficient (Wildman–Crippen LogP) is 4.83. The molecule has 3 aromatic rings. The Morgan fingerprint density at radius 3 is 2.59 bits per heavy atom. The summed E-state index contributed by atoms with van der Waals surface area (Å²) >= 11 is 2.02. The van der Waals surface area contributed by atoms with Crippen molar-refractivity contribution >= 4 is 23.7 Å². The monoisotopic (exact) mass is 449 g/mol. The molecule has 7 heteroatoms. The van der Waals surface area contributed by atoms with Gasteiger partial charge in [0.05, 0.1) is 0 Å². The first kappa shape index (κ1) is 22.6. The predicted molar refractivity (Wildman–Crippen MR) is 132 cm³/mol. The van der Waals surface area contributed by atoms with Crippen molar-refractivity contribution in [2.75, 3.05) is 37.0 Å². The number of anilines is 1. The van der Waals surface area contributed by atoms with Gasteiger partial charge in [-0.2, -0.15) is 16.9 Å². The Bertz CT molecular complexity index is 994. The van der Waals surface area contributed by atoms with E-state index in [4.69, 9.17) is 0 Å². The number of thioether (sulfide) groups is 1. The highest BCUT2D eigenvalue weighted by molar-refractivity contribution is 7.99. The zero-order valence-corrected chi connectivity index (χ0v) is 19.4. The second-order valence-electron chi connectivity index (χ2n) is 8.25. The molecule has 32 heavy (non-hydrogen) atoms. The van der Waals surface area contributed by atoms with Gasteiger partial charge in [0.15, 0.2) is 5.82 Å². The van der Waals surface area contributed by atoms with E-state index in [1.165, 1.54) is 36.3 Å². The summed E-state index contributed by atoms with van der Waals surface area (Å²) in [7, 11) is 1.91. The van der Waals surface area contributed by atoms with Gasteiger partial charge in [-0.1, -0.05) is 24.6 Å². The normalized spacial score (nSPS) is 16.5. The van der Waals surface area contributed by atoms with Crippen molar-refractivity contribution in [3.8, 4) is 11.4 Å². The van der Waals surface area contributed by atoms with Gasteiger partial charge >= 0.3 is 0 Å². The van der Waals surface area contributed by atoms with Crippen molar-refractivity contribution in [3.63, 3.8) is 0 Å². The summed E-state index contributed by atoms with van der Waals surface area (Å²) in [4.78, 5) is 17.6. The van der Waals surface area contributed by atoms with Gasteiger partial charge in [-0.15, -0.1) is 0 Å². The molecule has 2 aliphatic rings. The van der Waals surface area contributed by atoms with Crippen LogP contribution in [0.1, 0.15) is 46.9 Å². The third kappa shape index (κ3) is 5.99. The maximum Gasteiger partial charge on any atom is 0.181 e. The fourth-order valence-electron chi connectivity index (χ4n) is 3.84. The van der Waals surface area contributed by atoms with Crippen molar-refractivity contribution in [3.05, 3.63) is 65.5 Å². The van der Waals surface area contributed by atoms with E-state index in [-0.39, 0.29) is 0 Å². The number of carbonyl (C=O) groups is 1. The Hall–Kier alpha value is -2.64. The van der Waals surface area contributed by atoms with Gasteiger partial charge in [0.1, 0.15) is 12.1 Å². The van der Waals surface area contributed by atoms with E-state index >= 15 is 0 Å². The highest BCUT2D eigenvalue weighted by atomic mass is 32.2. The van der Waals surface area contributed by atoms with Gasteiger partial charge in [0.25, 0.3) is 0 Å². The van der Waals surface area contributed by atoms with Crippen molar-refractivity contribution in [1.82, 2.24) is 20.1 Å². The van der Waals surface area contributed by atoms with E-state index in [2.05, 4.69) is 31.5 Å². The van der Waals surface area contributed by atoms with Crippen LogP contribution in [0.3, 0.4) is 0 Å². The number of aromatic amines is 1. The number of H-pyrrole nitrogens is 1. The van der Waals surface area contributed by atoms with Gasteiger partial charge in [-0.3, -0.25) is 14.8 Å². The number of nitrogens with zero attached hydrogens (tertiary/aromatic N) is 3. The number of aromatic nitrogens is 3. The molecule has 1 saturated carbocycles. The van der Waals surface area contributed by atoms with Gasteiger partial charge in [-0.25, -0.2) is 4.98 Å². The number of aldehydes is 1. The number of rotatable bonds is 6. The lowest BCUT2D eigenvalue weighted by Crippen LogP contribution is -2.31. The summed E-state index contributed by atoms with van der Waals surface area (Å²) < 4.78 is 0. The lowest BCUT2D eigenvalue weighted by atomic mass is 9.85. The van der Waals surface area contributed by atoms with Crippen LogP contribution in [0.5, 0.6) is 0 Å². The minimum absolute atomic E-state index is 0.604. The van der Waals surface area contributed by atoms with E-state index in [9.17, 15) is 4.79 Å².